The molecule has 1 atom stereocenters. The second-order valence-corrected chi connectivity index (χ2v) is 3.75. The van der Waals surface area contributed by atoms with Crippen LogP contribution >= 0.6 is 0 Å². The number of piperidine rings is 1. The number of H-pyrrole nitrogens is 1. The van der Waals surface area contributed by atoms with Crippen LogP contribution in [0.15, 0.2) is 6.33 Å². The summed E-state index contributed by atoms with van der Waals surface area (Å²) >= 11 is 0. The highest BCUT2D eigenvalue weighted by molar-refractivity contribution is 4.95. The molecule has 0 saturated carbocycles. The number of hydrogen-bond acceptors (Lipinski definition) is 3. The van der Waals surface area contributed by atoms with Crippen molar-refractivity contribution in [2.75, 3.05) is 13.1 Å². The molecule has 0 aromatic carbocycles. The number of aromatic nitrogens is 3. The third-order valence-electron chi connectivity index (χ3n) is 2.96. The Labute approximate surface area is 78.1 Å². The van der Waals surface area contributed by atoms with Gasteiger partial charge in [-0.2, -0.15) is 5.10 Å². The van der Waals surface area contributed by atoms with Crippen molar-refractivity contribution in [1.82, 2.24) is 20.5 Å². The van der Waals surface area contributed by atoms with Gasteiger partial charge >= 0.3 is 0 Å². The van der Waals surface area contributed by atoms with E-state index in [4.69, 9.17) is 0 Å². The zero-order valence-corrected chi connectivity index (χ0v) is 7.95. The van der Waals surface area contributed by atoms with Gasteiger partial charge < -0.3 is 5.32 Å². The zero-order chi connectivity index (χ0) is 9.10. The molecule has 4 nitrogen and oxygen atoms in total. The minimum absolute atomic E-state index is 0.518. The maximum Gasteiger partial charge on any atom is 0.137 e. The second kappa shape index (κ2) is 3.87. The van der Waals surface area contributed by atoms with Crippen molar-refractivity contribution in [3.63, 3.8) is 0 Å². The van der Waals surface area contributed by atoms with E-state index in [9.17, 15) is 0 Å². The summed E-state index contributed by atoms with van der Waals surface area (Å²) in [7, 11) is 0. The third kappa shape index (κ3) is 1.88. The molecule has 1 aliphatic rings. The van der Waals surface area contributed by atoms with Crippen LogP contribution in [0.1, 0.15) is 31.5 Å². The summed E-state index contributed by atoms with van der Waals surface area (Å²) in [5, 5.41) is 10.2. The first-order valence-electron chi connectivity index (χ1n) is 4.94. The predicted octanol–water partition coefficient (Wildman–Crippen LogP) is 0.908. The number of nitrogens with one attached hydrogen (secondary N) is 2. The molecule has 1 aromatic heterocycles. The minimum Gasteiger partial charge on any atom is -0.317 e. The Bertz CT molecular complexity index is 238. The fourth-order valence-corrected chi connectivity index (χ4v) is 2.00. The largest absolute Gasteiger partial charge is 0.317 e. The van der Waals surface area contributed by atoms with Crippen LogP contribution in [0.2, 0.25) is 0 Å². The smallest absolute Gasteiger partial charge is 0.137 e. The summed E-state index contributed by atoms with van der Waals surface area (Å²) in [4.78, 5) is 4.20. The lowest BCUT2D eigenvalue weighted by molar-refractivity contribution is 0.323. The lowest BCUT2D eigenvalue weighted by Gasteiger charge is -2.26. The SMILES string of the molecule is CC(c1ncn[nH]1)C1CCNCC1. The number of hydrogen-bond donors (Lipinski definition) is 2. The maximum absolute atomic E-state index is 4.20. The van der Waals surface area contributed by atoms with Gasteiger partial charge in [-0.25, -0.2) is 4.98 Å². The standard InChI is InChI=1S/C9H16N4/c1-7(9-11-6-12-13-9)8-2-4-10-5-3-8/h6-8,10H,2-5H2,1H3,(H,11,12,13). The number of nitrogens with zero attached hydrogens (tertiary/aromatic N) is 2. The first kappa shape index (κ1) is 8.69. The van der Waals surface area contributed by atoms with Gasteiger partial charge in [0, 0.05) is 5.92 Å². The molecule has 0 spiro atoms. The Kier molecular flexibility index (Phi) is 2.59. The Morgan fingerprint density at radius 2 is 2.23 bits per heavy atom. The van der Waals surface area contributed by atoms with Gasteiger partial charge in [0.2, 0.25) is 0 Å². The Balaban J connectivity index is 1.99. The highest BCUT2D eigenvalue weighted by atomic mass is 15.2. The minimum atomic E-state index is 0.518. The highest BCUT2D eigenvalue weighted by Gasteiger charge is 2.22. The van der Waals surface area contributed by atoms with Gasteiger partial charge in [-0.3, -0.25) is 5.10 Å². The van der Waals surface area contributed by atoms with E-state index in [1.54, 1.807) is 6.33 Å². The van der Waals surface area contributed by atoms with E-state index in [-0.39, 0.29) is 0 Å². The molecule has 0 aliphatic carbocycles. The molecular formula is C9H16N4. The molecule has 2 rings (SSSR count). The van der Waals surface area contributed by atoms with E-state index in [1.165, 1.54) is 12.8 Å². The van der Waals surface area contributed by atoms with Crippen LogP contribution in [-0.4, -0.2) is 28.3 Å². The van der Waals surface area contributed by atoms with Crippen LogP contribution in [0.3, 0.4) is 0 Å². The van der Waals surface area contributed by atoms with Crippen molar-refractivity contribution in [3.05, 3.63) is 12.2 Å². The molecule has 2 N–H and O–H groups in total. The summed E-state index contributed by atoms with van der Waals surface area (Å²) in [6, 6.07) is 0. The van der Waals surface area contributed by atoms with Crippen LogP contribution in [0.4, 0.5) is 0 Å². The molecule has 1 aromatic rings. The molecule has 0 bridgehead atoms. The van der Waals surface area contributed by atoms with Gasteiger partial charge in [0.25, 0.3) is 0 Å². The van der Waals surface area contributed by atoms with Gasteiger partial charge in [-0.1, -0.05) is 6.92 Å². The molecule has 0 radical (unpaired) electrons. The third-order valence-corrected chi connectivity index (χ3v) is 2.96. The van der Waals surface area contributed by atoms with Crippen molar-refractivity contribution in [2.45, 2.75) is 25.7 Å². The normalized spacial score (nSPS) is 21.6. The molecule has 72 valence electrons. The van der Waals surface area contributed by atoms with Crippen molar-refractivity contribution < 1.29 is 0 Å². The molecule has 1 fully saturated rings. The summed E-state index contributed by atoms with van der Waals surface area (Å²) in [6.45, 7) is 4.52. The van der Waals surface area contributed by atoms with E-state index in [0.29, 0.717) is 5.92 Å². The number of rotatable bonds is 2. The molecule has 2 heterocycles. The second-order valence-electron chi connectivity index (χ2n) is 3.75. The Morgan fingerprint density at radius 1 is 1.46 bits per heavy atom. The van der Waals surface area contributed by atoms with Crippen LogP contribution in [-0.2, 0) is 0 Å². The summed E-state index contributed by atoms with van der Waals surface area (Å²) < 4.78 is 0. The molecule has 4 heteroatoms. The van der Waals surface area contributed by atoms with Crippen molar-refractivity contribution >= 4 is 0 Å². The van der Waals surface area contributed by atoms with Crippen LogP contribution in [0.5, 0.6) is 0 Å². The zero-order valence-electron chi connectivity index (χ0n) is 7.95. The molecule has 0 amide bonds. The number of aromatic amines is 1. The van der Waals surface area contributed by atoms with E-state index in [2.05, 4.69) is 27.4 Å². The van der Waals surface area contributed by atoms with Gasteiger partial charge in [-0.15, -0.1) is 0 Å². The van der Waals surface area contributed by atoms with Gasteiger partial charge in [0.05, 0.1) is 0 Å². The van der Waals surface area contributed by atoms with Crippen LogP contribution in [0.25, 0.3) is 0 Å². The summed E-state index contributed by atoms with van der Waals surface area (Å²) in [5.74, 6) is 2.31. The molecular weight excluding hydrogens is 164 g/mol. The van der Waals surface area contributed by atoms with Crippen molar-refractivity contribution in [1.29, 1.82) is 0 Å². The quantitative estimate of drug-likeness (QED) is 0.711. The average Bonchev–Trinajstić information content (AvgIpc) is 2.71. The van der Waals surface area contributed by atoms with E-state index >= 15 is 0 Å². The molecule has 1 saturated heterocycles. The van der Waals surface area contributed by atoms with E-state index < -0.39 is 0 Å². The lowest BCUT2D eigenvalue weighted by atomic mass is 9.86. The van der Waals surface area contributed by atoms with Gasteiger partial charge in [0.1, 0.15) is 12.2 Å². The monoisotopic (exact) mass is 180 g/mol. The summed E-state index contributed by atoms with van der Waals surface area (Å²) in [6.07, 6.45) is 4.09. The molecule has 13 heavy (non-hydrogen) atoms. The molecule has 1 unspecified atom stereocenters. The van der Waals surface area contributed by atoms with Crippen LogP contribution in [0, 0.1) is 5.92 Å². The lowest BCUT2D eigenvalue weighted by Crippen LogP contribution is -2.30. The van der Waals surface area contributed by atoms with Crippen molar-refractivity contribution in [3.8, 4) is 0 Å². The fraction of sp³-hybridized carbons (Fsp3) is 0.778. The highest BCUT2D eigenvalue weighted by Crippen LogP contribution is 2.27. The average molecular weight is 180 g/mol. The maximum atomic E-state index is 4.20. The Morgan fingerprint density at radius 3 is 2.85 bits per heavy atom. The van der Waals surface area contributed by atoms with Crippen molar-refractivity contribution in [2.24, 2.45) is 5.92 Å². The van der Waals surface area contributed by atoms with E-state index in [1.807, 2.05) is 0 Å². The summed E-state index contributed by atoms with van der Waals surface area (Å²) in [5.41, 5.74) is 0. The van der Waals surface area contributed by atoms with Crippen LogP contribution < -0.4 is 5.32 Å². The first-order chi connectivity index (χ1) is 6.38. The predicted molar refractivity (Wildman–Crippen MR) is 50.4 cm³/mol. The Hall–Kier alpha value is -0.900. The topological polar surface area (TPSA) is 53.6 Å². The fourth-order valence-electron chi connectivity index (χ4n) is 2.00. The van der Waals surface area contributed by atoms with Gasteiger partial charge in [0.15, 0.2) is 0 Å². The van der Waals surface area contributed by atoms with E-state index in [0.717, 1.165) is 24.8 Å². The molecule has 1 aliphatic heterocycles. The first-order valence-corrected chi connectivity index (χ1v) is 4.94. The van der Waals surface area contributed by atoms with Gasteiger partial charge in [-0.05, 0) is 31.8 Å².